The van der Waals surface area contributed by atoms with Crippen molar-refractivity contribution in [1.29, 1.82) is 0 Å². The normalized spacial score (nSPS) is 52.2. The van der Waals surface area contributed by atoms with E-state index in [0.29, 0.717) is 0 Å². The Bertz CT molecular complexity index is 913. The third-order valence-corrected chi connectivity index (χ3v) is 8.75. The average Bonchev–Trinajstić information content (AvgIpc) is 2.86. The number of aliphatic hydroxyl groups excluding tert-OH is 1. The number of ketones is 2. The number of fused-ring (bicyclic) bond motifs is 5. The fourth-order valence-corrected chi connectivity index (χ4v) is 7.19. The second-order valence-electron chi connectivity index (χ2n) is 9.90. The van der Waals surface area contributed by atoms with Gasteiger partial charge in [-0.1, -0.05) is 19.9 Å². The maximum absolute atomic E-state index is 16.9. The van der Waals surface area contributed by atoms with Crippen molar-refractivity contribution in [2.24, 2.45) is 28.6 Å². The van der Waals surface area contributed by atoms with Crippen molar-refractivity contribution in [3.63, 3.8) is 0 Å². The van der Waals surface area contributed by atoms with Crippen LogP contribution in [0, 0.1) is 28.6 Å². The number of carbonyl (C=O) groups is 3. The predicted molar refractivity (Wildman–Crippen MR) is 101 cm³/mol. The molecule has 0 spiro atoms. The van der Waals surface area contributed by atoms with Gasteiger partial charge >= 0.3 is 5.97 Å². The van der Waals surface area contributed by atoms with Crippen LogP contribution >= 0.6 is 0 Å². The molecule has 3 unspecified atom stereocenters. The van der Waals surface area contributed by atoms with Crippen LogP contribution in [0.3, 0.4) is 0 Å². The molecule has 4 rings (SSSR count). The van der Waals surface area contributed by atoms with Gasteiger partial charge in [0.25, 0.3) is 5.78 Å². The highest BCUT2D eigenvalue weighted by Gasteiger charge is 2.77. The number of alkyl halides is 2. The number of rotatable bonds is 2. The number of carbonyl (C=O) groups excluding carboxylic acids is 2. The van der Waals surface area contributed by atoms with Gasteiger partial charge < -0.3 is 15.3 Å². The van der Waals surface area contributed by atoms with E-state index in [2.05, 4.69) is 0 Å². The molecule has 0 aliphatic heterocycles. The second kappa shape index (κ2) is 6.07. The monoisotopic (exact) mass is 424 g/mol. The van der Waals surface area contributed by atoms with Crippen LogP contribution in [0.5, 0.6) is 0 Å². The number of carboxylic acids is 1. The Hall–Kier alpha value is -1.93. The molecule has 0 amide bonds. The minimum absolute atomic E-state index is 0.0145. The number of hydrogen-bond acceptors (Lipinski definition) is 5. The number of halogens is 2. The molecule has 0 aromatic carbocycles. The van der Waals surface area contributed by atoms with Crippen LogP contribution in [0.25, 0.3) is 0 Å². The van der Waals surface area contributed by atoms with Crippen molar-refractivity contribution in [3.05, 3.63) is 23.8 Å². The van der Waals surface area contributed by atoms with Crippen LogP contribution in [-0.4, -0.2) is 56.4 Å². The summed E-state index contributed by atoms with van der Waals surface area (Å²) in [5.41, 5.74) is -7.65. The standard InChI is InChI=1S/C22H26F2O6/c1-10-6-12-13-8-15(23)14-7-11(25)4-5-19(14,2)21(13,24)16(26)9-20(12,3)22(10,30)17(27)18(28)29/h4-5,7,10,12-13,15-16,26,30H,6,8-9H2,1-3H3,(H,28,29)/t10?,12-,13-,15?,16?,19-,20-,21-,22-/m0/s1. The Morgan fingerprint density at radius 1 is 1.20 bits per heavy atom. The minimum atomic E-state index is -2.33. The summed E-state index contributed by atoms with van der Waals surface area (Å²) >= 11 is 0. The van der Waals surface area contributed by atoms with Crippen LogP contribution in [-0.2, 0) is 14.4 Å². The zero-order valence-electron chi connectivity index (χ0n) is 17.1. The third kappa shape index (κ3) is 2.16. The molecular formula is C22H26F2O6. The molecule has 0 radical (unpaired) electrons. The lowest BCUT2D eigenvalue weighted by molar-refractivity contribution is -0.223. The molecule has 0 saturated heterocycles. The Morgan fingerprint density at radius 3 is 2.43 bits per heavy atom. The number of aliphatic carboxylic acids is 1. The lowest BCUT2D eigenvalue weighted by Crippen LogP contribution is -2.70. The van der Waals surface area contributed by atoms with E-state index in [4.69, 9.17) is 0 Å². The molecule has 0 bridgehead atoms. The van der Waals surface area contributed by atoms with Gasteiger partial charge in [-0.05, 0) is 55.7 Å². The first-order valence-corrected chi connectivity index (χ1v) is 10.2. The molecule has 0 aromatic heterocycles. The topological polar surface area (TPSA) is 112 Å². The number of Topliss-reactive ketones (excluding diaryl/α,β-unsaturated/α-hetero) is 1. The third-order valence-electron chi connectivity index (χ3n) is 8.75. The highest BCUT2D eigenvalue weighted by Crippen LogP contribution is 2.70. The molecule has 164 valence electrons. The van der Waals surface area contributed by atoms with Gasteiger partial charge in [0.15, 0.2) is 11.5 Å². The minimum Gasteiger partial charge on any atom is -0.475 e. The molecule has 9 atom stereocenters. The molecule has 6 nitrogen and oxygen atoms in total. The van der Waals surface area contributed by atoms with Crippen LogP contribution < -0.4 is 0 Å². The summed E-state index contributed by atoms with van der Waals surface area (Å²) in [6.07, 6.45) is -0.312. The Morgan fingerprint density at radius 2 is 1.83 bits per heavy atom. The van der Waals surface area contributed by atoms with Gasteiger partial charge in [-0.15, -0.1) is 0 Å². The Labute approximate surface area is 172 Å². The van der Waals surface area contributed by atoms with E-state index in [9.17, 15) is 29.7 Å². The highest BCUT2D eigenvalue weighted by atomic mass is 19.1. The molecule has 4 aliphatic carbocycles. The van der Waals surface area contributed by atoms with E-state index in [1.807, 2.05) is 0 Å². The van der Waals surface area contributed by atoms with Gasteiger partial charge in [-0.3, -0.25) is 9.59 Å². The highest BCUT2D eigenvalue weighted by molar-refractivity contribution is 6.36. The zero-order chi connectivity index (χ0) is 22.4. The number of carboxylic acid groups (broad SMARTS) is 1. The molecule has 0 aromatic rings. The summed E-state index contributed by atoms with van der Waals surface area (Å²) in [4.78, 5) is 35.8. The molecule has 30 heavy (non-hydrogen) atoms. The smallest absolute Gasteiger partial charge is 0.375 e. The fraction of sp³-hybridized carbons (Fsp3) is 0.682. The summed E-state index contributed by atoms with van der Waals surface area (Å²) < 4.78 is 32.1. The van der Waals surface area contributed by atoms with Crippen LogP contribution in [0.15, 0.2) is 23.8 Å². The van der Waals surface area contributed by atoms with Gasteiger partial charge in [0.1, 0.15) is 11.8 Å². The van der Waals surface area contributed by atoms with Crippen molar-refractivity contribution in [2.75, 3.05) is 0 Å². The van der Waals surface area contributed by atoms with E-state index in [0.717, 1.165) is 6.08 Å². The van der Waals surface area contributed by atoms with Gasteiger partial charge in [0.05, 0.1) is 6.10 Å². The first-order chi connectivity index (χ1) is 13.7. The summed E-state index contributed by atoms with van der Waals surface area (Å²) in [5.74, 6) is -6.23. The molecule has 8 heteroatoms. The first-order valence-electron chi connectivity index (χ1n) is 10.2. The van der Waals surface area contributed by atoms with Crippen LogP contribution in [0.2, 0.25) is 0 Å². The second-order valence-corrected chi connectivity index (χ2v) is 9.90. The zero-order valence-corrected chi connectivity index (χ0v) is 17.1. The summed E-state index contributed by atoms with van der Waals surface area (Å²) in [5, 5.41) is 31.7. The van der Waals surface area contributed by atoms with E-state index in [1.165, 1.54) is 32.9 Å². The van der Waals surface area contributed by atoms with Gasteiger partial charge in [-0.25, -0.2) is 13.6 Å². The number of aliphatic hydroxyl groups is 2. The van der Waals surface area contributed by atoms with E-state index < -0.39 is 69.7 Å². The average molecular weight is 424 g/mol. The molecule has 4 aliphatic rings. The van der Waals surface area contributed by atoms with Crippen molar-refractivity contribution in [3.8, 4) is 0 Å². The van der Waals surface area contributed by atoms with E-state index in [-0.39, 0.29) is 24.8 Å². The first kappa shape index (κ1) is 21.3. The Kier molecular flexibility index (Phi) is 4.31. The van der Waals surface area contributed by atoms with Crippen LogP contribution in [0.1, 0.15) is 40.0 Å². The van der Waals surface area contributed by atoms with Crippen molar-refractivity contribution >= 4 is 17.5 Å². The largest absolute Gasteiger partial charge is 0.475 e. The number of hydrogen-bond donors (Lipinski definition) is 3. The van der Waals surface area contributed by atoms with E-state index in [1.54, 1.807) is 0 Å². The van der Waals surface area contributed by atoms with Crippen molar-refractivity contribution in [2.45, 2.75) is 63.6 Å². The molecule has 3 saturated carbocycles. The SMILES string of the molecule is CC1C[C@H]2[C@@H]3CC(F)C4=CC(=O)C=C[C@]4(C)[C@@]3(F)C(O)C[C@]2(C)[C@@]1(O)C(=O)C(=O)O. The molecule has 3 N–H and O–H groups in total. The summed E-state index contributed by atoms with van der Waals surface area (Å²) in [6, 6.07) is 0. The fourth-order valence-electron chi connectivity index (χ4n) is 7.19. The summed E-state index contributed by atoms with van der Waals surface area (Å²) in [7, 11) is 0. The number of allylic oxidation sites excluding steroid dienone is 4. The molecule has 0 heterocycles. The predicted octanol–water partition coefficient (Wildman–Crippen LogP) is 1.94. The van der Waals surface area contributed by atoms with Crippen molar-refractivity contribution in [1.82, 2.24) is 0 Å². The summed E-state index contributed by atoms with van der Waals surface area (Å²) in [6.45, 7) is 4.48. The van der Waals surface area contributed by atoms with Crippen LogP contribution in [0.4, 0.5) is 8.78 Å². The molecular weight excluding hydrogens is 398 g/mol. The van der Waals surface area contributed by atoms with Gasteiger partial charge in [0, 0.05) is 16.7 Å². The Balaban J connectivity index is 1.87. The quantitative estimate of drug-likeness (QED) is 0.584. The maximum atomic E-state index is 16.9. The lowest BCUT2D eigenvalue weighted by Gasteiger charge is -2.62. The van der Waals surface area contributed by atoms with Gasteiger partial charge in [0.2, 0.25) is 0 Å². The lowest BCUT2D eigenvalue weighted by atomic mass is 9.44. The maximum Gasteiger partial charge on any atom is 0.375 e. The molecule has 3 fully saturated rings. The van der Waals surface area contributed by atoms with Crippen molar-refractivity contribution < 1.29 is 38.5 Å². The van der Waals surface area contributed by atoms with E-state index >= 15 is 8.78 Å². The van der Waals surface area contributed by atoms with Gasteiger partial charge in [-0.2, -0.15) is 0 Å².